The second-order valence-corrected chi connectivity index (χ2v) is 6.48. The lowest BCUT2D eigenvalue weighted by Gasteiger charge is -2.26. The quantitative estimate of drug-likeness (QED) is 0.873. The molecule has 1 fully saturated rings. The molecule has 3 rings (SSSR count). The molecule has 6 heteroatoms. The Morgan fingerprint density at radius 2 is 1.96 bits per heavy atom. The van der Waals surface area contributed by atoms with Gasteiger partial charge < -0.3 is 5.32 Å². The number of nitrogens with zero attached hydrogens (tertiary/aromatic N) is 2. The molecule has 1 N–H and O–H groups in total. The Bertz CT molecular complexity index is 711. The molecule has 0 spiro atoms. The SMILES string of the molecule is O=C1CC[C@@H](CN(Cc2ccncc2)Cc2ccc(F)c(Cl)c2)N1. The third-order valence-corrected chi connectivity index (χ3v) is 4.40. The number of aromatic nitrogens is 1. The van der Waals surface area contributed by atoms with Crippen molar-refractivity contribution in [2.75, 3.05) is 6.54 Å². The molecule has 0 unspecified atom stereocenters. The van der Waals surface area contributed by atoms with Crippen molar-refractivity contribution in [1.82, 2.24) is 15.2 Å². The van der Waals surface area contributed by atoms with Crippen LogP contribution in [-0.2, 0) is 17.9 Å². The Morgan fingerprint density at radius 1 is 1.21 bits per heavy atom. The van der Waals surface area contributed by atoms with Crippen molar-refractivity contribution in [2.45, 2.75) is 32.0 Å². The van der Waals surface area contributed by atoms with Gasteiger partial charge in [-0.2, -0.15) is 0 Å². The molecule has 0 bridgehead atoms. The standard InChI is InChI=1S/C18H19ClFN3O/c19-16-9-14(1-3-17(16)20)11-23(10-13-5-7-21-8-6-13)12-15-2-4-18(24)22-15/h1,3,5-9,15H,2,4,10-12H2,(H,22,24)/t15-/m0/s1. The average molecular weight is 348 g/mol. The molecule has 0 aliphatic carbocycles. The van der Waals surface area contributed by atoms with Crippen LogP contribution >= 0.6 is 11.6 Å². The van der Waals surface area contributed by atoms with Crippen LogP contribution in [0.5, 0.6) is 0 Å². The maximum atomic E-state index is 13.4. The molecule has 1 atom stereocenters. The van der Waals surface area contributed by atoms with Gasteiger partial charge in [0, 0.05) is 44.5 Å². The fraction of sp³-hybridized carbons (Fsp3) is 0.333. The van der Waals surface area contributed by atoms with Crippen molar-refractivity contribution < 1.29 is 9.18 Å². The van der Waals surface area contributed by atoms with Crippen LogP contribution in [0.3, 0.4) is 0 Å². The minimum Gasteiger partial charge on any atom is -0.352 e. The van der Waals surface area contributed by atoms with Crippen LogP contribution in [0.1, 0.15) is 24.0 Å². The summed E-state index contributed by atoms with van der Waals surface area (Å²) in [7, 11) is 0. The van der Waals surface area contributed by atoms with Gasteiger partial charge in [-0.15, -0.1) is 0 Å². The maximum absolute atomic E-state index is 13.4. The number of amides is 1. The molecule has 1 aliphatic heterocycles. The molecule has 1 amide bonds. The summed E-state index contributed by atoms with van der Waals surface area (Å²) < 4.78 is 13.4. The van der Waals surface area contributed by atoms with Crippen molar-refractivity contribution in [3.63, 3.8) is 0 Å². The highest BCUT2D eigenvalue weighted by Crippen LogP contribution is 2.19. The van der Waals surface area contributed by atoms with Gasteiger partial charge in [-0.05, 0) is 41.8 Å². The third kappa shape index (κ3) is 4.52. The summed E-state index contributed by atoms with van der Waals surface area (Å²) in [4.78, 5) is 17.7. The fourth-order valence-electron chi connectivity index (χ4n) is 2.95. The van der Waals surface area contributed by atoms with E-state index >= 15 is 0 Å². The van der Waals surface area contributed by atoms with Crippen LogP contribution in [0.25, 0.3) is 0 Å². The van der Waals surface area contributed by atoms with Gasteiger partial charge in [0.1, 0.15) is 5.82 Å². The van der Waals surface area contributed by atoms with E-state index in [1.165, 1.54) is 6.07 Å². The first-order valence-corrected chi connectivity index (χ1v) is 8.32. The van der Waals surface area contributed by atoms with Crippen molar-refractivity contribution >= 4 is 17.5 Å². The molecule has 1 saturated heterocycles. The summed E-state index contributed by atoms with van der Waals surface area (Å²) in [6.07, 6.45) is 4.95. The summed E-state index contributed by atoms with van der Waals surface area (Å²) in [5.41, 5.74) is 2.09. The van der Waals surface area contributed by atoms with Gasteiger partial charge in [-0.3, -0.25) is 14.7 Å². The van der Waals surface area contributed by atoms with Crippen LogP contribution in [0.2, 0.25) is 5.02 Å². The molecule has 4 nitrogen and oxygen atoms in total. The zero-order valence-electron chi connectivity index (χ0n) is 13.2. The van der Waals surface area contributed by atoms with Gasteiger partial charge >= 0.3 is 0 Å². The molecule has 0 radical (unpaired) electrons. The molecular formula is C18H19ClFN3O. The van der Waals surface area contributed by atoms with Crippen LogP contribution in [-0.4, -0.2) is 28.4 Å². The molecule has 1 aliphatic rings. The van der Waals surface area contributed by atoms with Gasteiger partial charge in [0.05, 0.1) is 5.02 Å². The van der Waals surface area contributed by atoms with Crippen LogP contribution < -0.4 is 5.32 Å². The Hall–Kier alpha value is -1.98. The largest absolute Gasteiger partial charge is 0.352 e. The van der Waals surface area contributed by atoms with Crippen LogP contribution in [0, 0.1) is 5.82 Å². The number of carbonyl (C=O) groups excluding carboxylic acids is 1. The topological polar surface area (TPSA) is 45.2 Å². The number of hydrogen-bond donors (Lipinski definition) is 1. The molecule has 24 heavy (non-hydrogen) atoms. The third-order valence-electron chi connectivity index (χ3n) is 4.11. The van der Waals surface area contributed by atoms with Gasteiger partial charge in [-0.1, -0.05) is 17.7 Å². The summed E-state index contributed by atoms with van der Waals surface area (Å²) in [5.74, 6) is -0.308. The first kappa shape index (κ1) is 16.9. The van der Waals surface area contributed by atoms with E-state index in [-0.39, 0.29) is 17.0 Å². The van der Waals surface area contributed by atoms with Gasteiger partial charge in [-0.25, -0.2) is 4.39 Å². The lowest BCUT2D eigenvalue weighted by atomic mass is 10.1. The fourth-order valence-corrected chi connectivity index (χ4v) is 3.16. The molecule has 1 aromatic heterocycles. The minimum atomic E-state index is -0.413. The molecule has 2 aromatic rings. The number of carbonyl (C=O) groups is 1. The molecular weight excluding hydrogens is 329 g/mol. The Morgan fingerprint density at radius 3 is 2.62 bits per heavy atom. The number of benzene rings is 1. The normalized spacial score (nSPS) is 17.3. The number of rotatable bonds is 6. The number of halogens is 2. The van der Waals surface area contributed by atoms with Crippen LogP contribution in [0.15, 0.2) is 42.7 Å². The summed E-state index contributed by atoms with van der Waals surface area (Å²) in [6.45, 7) is 2.10. The predicted molar refractivity (Wildman–Crippen MR) is 90.9 cm³/mol. The van der Waals surface area contributed by atoms with Crippen molar-refractivity contribution in [3.05, 3.63) is 64.7 Å². The Kier molecular flexibility index (Phi) is 5.43. The van der Waals surface area contributed by atoms with E-state index in [2.05, 4.69) is 15.2 Å². The molecule has 0 saturated carbocycles. The average Bonchev–Trinajstić information content (AvgIpc) is 2.97. The summed E-state index contributed by atoms with van der Waals surface area (Å²) in [5, 5.41) is 3.13. The van der Waals surface area contributed by atoms with Gasteiger partial charge in [0.25, 0.3) is 0 Å². The first-order valence-electron chi connectivity index (χ1n) is 7.95. The van der Waals surface area contributed by atoms with Gasteiger partial charge in [0.2, 0.25) is 5.91 Å². The van der Waals surface area contributed by atoms with E-state index in [4.69, 9.17) is 11.6 Å². The van der Waals surface area contributed by atoms with E-state index < -0.39 is 5.82 Å². The zero-order valence-corrected chi connectivity index (χ0v) is 14.0. The lowest BCUT2D eigenvalue weighted by molar-refractivity contribution is -0.119. The Labute approximate surface area is 145 Å². The highest BCUT2D eigenvalue weighted by molar-refractivity contribution is 6.30. The van der Waals surface area contributed by atoms with Crippen molar-refractivity contribution in [2.24, 2.45) is 0 Å². The van der Waals surface area contributed by atoms with E-state index in [9.17, 15) is 9.18 Å². The van der Waals surface area contributed by atoms with Gasteiger partial charge in [0.15, 0.2) is 0 Å². The highest BCUT2D eigenvalue weighted by Gasteiger charge is 2.23. The van der Waals surface area contributed by atoms with Crippen molar-refractivity contribution in [3.8, 4) is 0 Å². The first-order chi connectivity index (χ1) is 11.6. The zero-order chi connectivity index (χ0) is 16.9. The number of nitrogens with one attached hydrogen (secondary N) is 1. The highest BCUT2D eigenvalue weighted by atomic mass is 35.5. The van der Waals surface area contributed by atoms with E-state index in [1.54, 1.807) is 24.5 Å². The second kappa shape index (κ2) is 7.73. The van der Waals surface area contributed by atoms with E-state index in [0.29, 0.717) is 13.0 Å². The van der Waals surface area contributed by atoms with Crippen LogP contribution in [0.4, 0.5) is 4.39 Å². The van der Waals surface area contributed by atoms with E-state index in [1.807, 2.05) is 12.1 Å². The second-order valence-electron chi connectivity index (χ2n) is 6.08. The molecule has 1 aromatic carbocycles. The maximum Gasteiger partial charge on any atom is 0.220 e. The minimum absolute atomic E-state index is 0.105. The smallest absolute Gasteiger partial charge is 0.220 e. The lowest BCUT2D eigenvalue weighted by Crippen LogP contribution is -2.38. The predicted octanol–water partition coefficient (Wildman–Crippen LogP) is 3.15. The summed E-state index contributed by atoms with van der Waals surface area (Å²) >= 11 is 5.89. The number of pyridine rings is 1. The summed E-state index contributed by atoms with van der Waals surface area (Å²) in [6, 6.07) is 8.88. The molecule has 2 heterocycles. The monoisotopic (exact) mass is 347 g/mol. The number of hydrogen-bond acceptors (Lipinski definition) is 3. The van der Waals surface area contributed by atoms with Crippen molar-refractivity contribution in [1.29, 1.82) is 0 Å². The Balaban J connectivity index is 1.72. The van der Waals surface area contributed by atoms with E-state index in [0.717, 1.165) is 30.6 Å². The molecule has 126 valence electrons.